The van der Waals surface area contributed by atoms with Gasteiger partial charge in [0.2, 0.25) is 11.8 Å². The van der Waals surface area contributed by atoms with Crippen LogP contribution in [0.2, 0.25) is 0 Å². The molecule has 2 aliphatic rings. The zero-order chi connectivity index (χ0) is 20.3. The highest BCUT2D eigenvalue weighted by molar-refractivity contribution is 6.07. The van der Waals surface area contributed by atoms with Gasteiger partial charge >= 0.3 is 0 Å². The Labute approximate surface area is 171 Å². The Hall–Kier alpha value is -3.02. The van der Waals surface area contributed by atoms with Gasteiger partial charge in [-0.15, -0.1) is 0 Å². The van der Waals surface area contributed by atoms with Crippen molar-refractivity contribution in [1.29, 1.82) is 0 Å². The van der Waals surface area contributed by atoms with E-state index in [1.165, 1.54) is 0 Å². The normalized spacial score (nSPS) is 17.6. The first-order valence-electron chi connectivity index (χ1n) is 10.1. The van der Waals surface area contributed by atoms with Crippen molar-refractivity contribution < 1.29 is 14.3 Å². The molecule has 1 heterocycles. The second kappa shape index (κ2) is 8.15. The molecule has 152 valence electrons. The van der Waals surface area contributed by atoms with Crippen LogP contribution in [-0.4, -0.2) is 50.0 Å². The quantitative estimate of drug-likeness (QED) is 0.766. The Morgan fingerprint density at radius 3 is 2.21 bits per heavy atom. The molecule has 0 spiro atoms. The minimum atomic E-state index is -0.850. The lowest BCUT2D eigenvalue weighted by Crippen LogP contribution is -2.53. The van der Waals surface area contributed by atoms with Crippen LogP contribution in [0.5, 0.6) is 5.75 Å². The van der Waals surface area contributed by atoms with E-state index in [-0.39, 0.29) is 11.8 Å². The van der Waals surface area contributed by atoms with Crippen LogP contribution in [0.1, 0.15) is 18.4 Å². The predicted octanol–water partition coefficient (Wildman–Crippen LogP) is 2.44. The molecule has 0 unspecified atom stereocenters. The third kappa shape index (κ3) is 4.06. The molecule has 0 radical (unpaired) electrons. The molecule has 2 fully saturated rings. The summed E-state index contributed by atoms with van der Waals surface area (Å²) in [5, 5.41) is 2.96. The fourth-order valence-electron chi connectivity index (χ4n) is 3.87. The van der Waals surface area contributed by atoms with Gasteiger partial charge in [0.1, 0.15) is 11.2 Å². The lowest BCUT2D eigenvalue weighted by molar-refractivity contribution is -0.144. The van der Waals surface area contributed by atoms with Gasteiger partial charge in [0.05, 0.1) is 7.11 Å². The van der Waals surface area contributed by atoms with E-state index in [2.05, 4.69) is 10.2 Å². The van der Waals surface area contributed by atoms with Crippen LogP contribution >= 0.6 is 0 Å². The average molecular weight is 393 g/mol. The van der Waals surface area contributed by atoms with Gasteiger partial charge in [0.15, 0.2) is 0 Å². The van der Waals surface area contributed by atoms with Gasteiger partial charge in [0.25, 0.3) is 0 Å². The summed E-state index contributed by atoms with van der Waals surface area (Å²) >= 11 is 0. The fourth-order valence-corrected chi connectivity index (χ4v) is 3.87. The summed E-state index contributed by atoms with van der Waals surface area (Å²) < 4.78 is 5.21. The van der Waals surface area contributed by atoms with Gasteiger partial charge in [-0.25, -0.2) is 0 Å². The molecule has 1 saturated heterocycles. The molecule has 6 nitrogen and oxygen atoms in total. The summed E-state index contributed by atoms with van der Waals surface area (Å²) in [5.74, 6) is 0.682. The number of hydrogen-bond donors (Lipinski definition) is 1. The molecular weight excluding hydrogens is 366 g/mol. The molecule has 2 aromatic rings. The van der Waals surface area contributed by atoms with Crippen LogP contribution in [0, 0.1) is 5.41 Å². The van der Waals surface area contributed by atoms with Crippen molar-refractivity contribution in [3.63, 3.8) is 0 Å². The van der Waals surface area contributed by atoms with Gasteiger partial charge in [-0.2, -0.15) is 0 Å². The van der Waals surface area contributed by atoms with Gasteiger partial charge in [-0.3, -0.25) is 9.59 Å². The lowest BCUT2D eigenvalue weighted by Gasteiger charge is -2.37. The highest BCUT2D eigenvalue weighted by Crippen LogP contribution is 2.47. The summed E-state index contributed by atoms with van der Waals surface area (Å²) in [5.41, 5.74) is 1.31. The molecule has 0 aromatic heterocycles. The third-order valence-electron chi connectivity index (χ3n) is 5.89. The topological polar surface area (TPSA) is 61.9 Å². The summed E-state index contributed by atoms with van der Waals surface area (Å²) in [6.07, 6.45) is 1.29. The van der Waals surface area contributed by atoms with E-state index in [0.717, 1.165) is 30.1 Å². The number of carbonyl (C=O) groups is 2. The number of nitrogens with zero attached hydrogens (tertiary/aromatic N) is 2. The standard InChI is InChI=1S/C23H27N3O3/c1-29-20-9-7-19(8-10-20)25-13-15-26(16-14-25)22(28)23(11-12-23)21(27)24-17-18-5-3-2-4-6-18/h2-10H,11-17H2,1H3,(H,24,27). The fraction of sp³-hybridized carbons (Fsp3) is 0.391. The van der Waals surface area contributed by atoms with E-state index >= 15 is 0 Å². The number of methoxy groups -OCH3 is 1. The monoisotopic (exact) mass is 393 g/mol. The van der Waals surface area contributed by atoms with Gasteiger partial charge in [-0.1, -0.05) is 30.3 Å². The summed E-state index contributed by atoms with van der Waals surface area (Å²) in [7, 11) is 1.66. The Morgan fingerprint density at radius 2 is 1.62 bits per heavy atom. The molecular formula is C23H27N3O3. The molecule has 6 heteroatoms. The van der Waals surface area contributed by atoms with E-state index in [1.807, 2.05) is 59.5 Å². The highest BCUT2D eigenvalue weighted by atomic mass is 16.5. The molecule has 1 aliphatic carbocycles. The molecule has 2 aromatic carbocycles. The average Bonchev–Trinajstić information content (AvgIpc) is 3.60. The van der Waals surface area contributed by atoms with Crippen molar-refractivity contribution in [2.75, 3.05) is 38.2 Å². The van der Waals surface area contributed by atoms with Crippen LogP contribution in [-0.2, 0) is 16.1 Å². The minimum absolute atomic E-state index is 0.0163. The van der Waals surface area contributed by atoms with Gasteiger partial charge < -0.3 is 19.9 Å². The highest BCUT2D eigenvalue weighted by Gasteiger charge is 2.58. The summed E-state index contributed by atoms with van der Waals surface area (Å²) in [6.45, 7) is 3.26. The number of ether oxygens (including phenoxy) is 1. The SMILES string of the molecule is COc1ccc(N2CCN(C(=O)C3(C(=O)NCc4ccccc4)CC3)CC2)cc1. The van der Waals surface area contributed by atoms with Crippen molar-refractivity contribution in [1.82, 2.24) is 10.2 Å². The molecule has 0 bridgehead atoms. The first kappa shape index (κ1) is 19.3. The first-order valence-corrected chi connectivity index (χ1v) is 10.1. The zero-order valence-corrected chi connectivity index (χ0v) is 16.8. The largest absolute Gasteiger partial charge is 0.497 e. The van der Waals surface area contributed by atoms with Crippen molar-refractivity contribution in [3.8, 4) is 5.75 Å². The second-order valence-corrected chi connectivity index (χ2v) is 7.73. The minimum Gasteiger partial charge on any atom is -0.497 e. The maximum atomic E-state index is 13.1. The van der Waals surface area contributed by atoms with Crippen LogP contribution in [0.15, 0.2) is 54.6 Å². The number of carbonyl (C=O) groups excluding carboxylic acids is 2. The van der Waals surface area contributed by atoms with E-state index in [9.17, 15) is 9.59 Å². The third-order valence-corrected chi connectivity index (χ3v) is 5.89. The summed E-state index contributed by atoms with van der Waals surface area (Å²) in [4.78, 5) is 30.0. The van der Waals surface area contributed by atoms with Crippen molar-refractivity contribution in [3.05, 3.63) is 60.2 Å². The van der Waals surface area contributed by atoms with Crippen molar-refractivity contribution in [2.45, 2.75) is 19.4 Å². The number of rotatable bonds is 6. The van der Waals surface area contributed by atoms with Crippen molar-refractivity contribution >= 4 is 17.5 Å². The van der Waals surface area contributed by atoms with Gasteiger partial charge in [-0.05, 0) is 42.7 Å². The molecule has 0 atom stereocenters. The molecule has 1 aliphatic heterocycles. The number of hydrogen-bond acceptors (Lipinski definition) is 4. The molecule has 1 saturated carbocycles. The molecule has 1 N–H and O–H groups in total. The van der Waals surface area contributed by atoms with E-state index < -0.39 is 5.41 Å². The zero-order valence-electron chi connectivity index (χ0n) is 16.8. The maximum absolute atomic E-state index is 13.1. The number of benzene rings is 2. The lowest BCUT2D eigenvalue weighted by atomic mass is 10.0. The number of piperazine rings is 1. The summed E-state index contributed by atoms with van der Waals surface area (Å²) in [6, 6.07) is 17.8. The molecule has 29 heavy (non-hydrogen) atoms. The van der Waals surface area contributed by atoms with E-state index in [1.54, 1.807) is 7.11 Å². The van der Waals surface area contributed by atoms with Crippen LogP contribution in [0.3, 0.4) is 0 Å². The van der Waals surface area contributed by atoms with Crippen LogP contribution in [0.25, 0.3) is 0 Å². The van der Waals surface area contributed by atoms with Gasteiger partial charge in [0, 0.05) is 38.4 Å². The Bertz CT molecular complexity index is 855. The smallest absolute Gasteiger partial charge is 0.238 e. The Morgan fingerprint density at radius 1 is 0.966 bits per heavy atom. The van der Waals surface area contributed by atoms with Crippen molar-refractivity contribution in [2.24, 2.45) is 5.41 Å². The molecule has 4 rings (SSSR count). The van der Waals surface area contributed by atoms with Crippen LogP contribution < -0.4 is 15.0 Å². The van der Waals surface area contributed by atoms with E-state index in [0.29, 0.717) is 32.5 Å². The maximum Gasteiger partial charge on any atom is 0.238 e. The van der Waals surface area contributed by atoms with E-state index in [4.69, 9.17) is 4.74 Å². The number of anilines is 1. The molecule has 2 amide bonds. The first-order chi connectivity index (χ1) is 14.1. The Kier molecular flexibility index (Phi) is 5.43. The number of amides is 2. The number of nitrogens with one attached hydrogen (secondary N) is 1. The Balaban J connectivity index is 1.32. The second-order valence-electron chi connectivity index (χ2n) is 7.73. The predicted molar refractivity (Wildman–Crippen MR) is 112 cm³/mol. The van der Waals surface area contributed by atoms with Crippen LogP contribution in [0.4, 0.5) is 5.69 Å².